The Hall–Kier alpha value is -2.80. The summed E-state index contributed by atoms with van der Waals surface area (Å²) >= 11 is 0. The van der Waals surface area contributed by atoms with Gasteiger partial charge in [0.25, 0.3) is 0 Å². The summed E-state index contributed by atoms with van der Waals surface area (Å²) in [6.45, 7) is 2.50. The van der Waals surface area contributed by atoms with Gasteiger partial charge >= 0.3 is 5.97 Å². The SMILES string of the molecule is COC(=O)c1cc(C)ccc1NCc1ccc(C#N)cc1. The molecule has 21 heavy (non-hydrogen) atoms. The van der Waals surface area contributed by atoms with E-state index in [9.17, 15) is 4.79 Å². The summed E-state index contributed by atoms with van der Waals surface area (Å²) in [7, 11) is 1.37. The number of hydrogen-bond acceptors (Lipinski definition) is 4. The Morgan fingerprint density at radius 1 is 1.24 bits per heavy atom. The predicted molar refractivity (Wildman–Crippen MR) is 81.0 cm³/mol. The van der Waals surface area contributed by atoms with Crippen LogP contribution < -0.4 is 5.32 Å². The molecule has 1 N–H and O–H groups in total. The van der Waals surface area contributed by atoms with E-state index in [1.807, 2.05) is 31.2 Å². The quantitative estimate of drug-likeness (QED) is 0.873. The number of nitrogens with zero attached hydrogens (tertiary/aromatic N) is 1. The zero-order valence-corrected chi connectivity index (χ0v) is 12.0. The van der Waals surface area contributed by atoms with Gasteiger partial charge in [0, 0.05) is 12.2 Å². The van der Waals surface area contributed by atoms with Crippen LogP contribution in [-0.2, 0) is 11.3 Å². The highest BCUT2D eigenvalue weighted by atomic mass is 16.5. The Labute approximate surface area is 124 Å². The molecule has 2 rings (SSSR count). The lowest BCUT2D eigenvalue weighted by Crippen LogP contribution is -2.08. The van der Waals surface area contributed by atoms with Gasteiger partial charge in [-0.05, 0) is 36.8 Å². The average Bonchev–Trinajstić information content (AvgIpc) is 2.53. The monoisotopic (exact) mass is 280 g/mol. The van der Waals surface area contributed by atoms with Crippen molar-refractivity contribution in [2.45, 2.75) is 13.5 Å². The molecule has 0 aliphatic rings. The van der Waals surface area contributed by atoms with E-state index >= 15 is 0 Å². The van der Waals surface area contributed by atoms with Crippen LogP contribution in [0.3, 0.4) is 0 Å². The van der Waals surface area contributed by atoms with Crippen molar-refractivity contribution >= 4 is 11.7 Å². The maximum atomic E-state index is 11.8. The van der Waals surface area contributed by atoms with Gasteiger partial charge in [-0.25, -0.2) is 4.79 Å². The van der Waals surface area contributed by atoms with Crippen LogP contribution in [-0.4, -0.2) is 13.1 Å². The van der Waals surface area contributed by atoms with Gasteiger partial charge in [0.2, 0.25) is 0 Å². The molecule has 4 nitrogen and oxygen atoms in total. The summed E-state index contributed by atoms with van der Waals surface area (Å²) < 4.78 is 4.80. The molecular weight excluding hydrogens is 264 g/mol. The van der Waals surface area contributed by atoms with Gasteiger partial charge in [-0.2, -0.15) is 5.26 Å². The summed E-state index contributed by atoms with van der Waals surface area (Å²) in [5.41, 5.74) is 3.91. The van der Waals surface area contributed by atoms with Crippen LogP contribution in [0.25, 0.3) is 0 Å². The van der Waals surface area contributed by atoms with E-state index < -0.39 is 0 Å². The number of anilines is 1. The first-order valence-corrected chi connectivity index (χ1v) is 6.56. The normalized spacial score (nSPS) is 9.76. The van der Waals surface area contributed by atoms with E-state index in [1.165, 1.54) is 7.11 Å². The summed E-state index contributed by atoms with van der Waals surface area (Å²) in [6, 6.07) is 15.0. The van der Waals surface area contributed by atoms with Gasteiger partial charge < -0.3 is 10.1 Å². The smallest absolute Gasteiger partial charge is 0.339 e. The van der Waals surface area contributed by atoms with Crippen molar-refractivity contribution in [3.05, 3.63) is 64.7 Å². The zero-order chi connectivity index (χ0) is 15.2. The number of rotatable bonds is 4. The third kappa shape index (κ3) is 3.61. The minimum atomic E-state index is -0.360. The van der Waals surface area contributed by atoms with E-state index in [0.717, 1.165) is 16.8 Å². The standard InChI is InChI=1S/C17H16N2O2/c1-12-3-8-16(15(9-12)17(20)21-2)19-11-14-6-4-13(10-18)5-7-14/h3-9,19H,11H2,1-2H3. The molecule has 0 bridgehead atoms. The average molecular weight is 280 g/mol. The van der Waals surface area contributed by atoms with Crippen molar-refractivity contribution in [3.63, 3.8) is 0 Å². The maximum Gasteiger partial charge on any atom is 0.339 e. The van der Waals surface area contributed by atoms with Crippen molar-refractivity contribution < 1.29 is 9.53 Å². The summed E-state index contributed by atoms with van der Waals surface area (Å²) in [5.74, 6) is -0.360. The Morgan fingerprint density at radius 2 is 1.95 bits per heavy atom. The Balaban J connectivity index is 2.15. The first-order chi connectivity index (χ1) is 10.1. The summed E-state index contributed by atoms with van der Waals surface area (Å²) in [5, 5.41) is 12.0. The number of carbonyl (C=O) groups excluding carboxylic acids is 1. The van der Waals surface area contributed by atoms with Crippen LogP contribution in [0.1, 0.15) is 27.0 Å². The molecule has 0 spiro atoms. The van der Waals surface area contributed by atoms with Gasteiger partial charge in [0.05, 0.1) is 24.3 Å². The molecule has 0 saturated heterocycles. The Morgan fingerprint density at radius 3 is 2.57 bits per heavy atom. The van der Waals surface area contributed by atoms with Gasteiger partial charge in [-0.15, -0.1) is 0 Å². The van der Waals surface area contributed by atoms with Crippen molar-refractivity contribution in [2.75, 3.05) is 12.4 Å². The number of nitrogens with one attached hydrogen (secondary N) is 1. The molecule has 0 fully saturated rings. The molecule has 0 radical (unpaired) electrons. The van der Waals surface area contributed by atoms with E-state index in [2.05, 4.69) is 11.4 Å². The first kappa shape index (κ1) is 14.6. The lowest BCUT2D eigenvalue weighted by molar-refractivity contribution is 0.0601. The zero-order valence-electron chi connectivity index (χ0n) is 12.0. The highest BCUT2D eigenvalue weighted by Crippen LogP contribution is 2.19. The number of benzene rings is 2. The minimum Gasteiger partial charge on any atom is -0.465 e. The highest BCUT2D eigenvalue weighted by Gasteiger charge is 2.11. The second kappa shape index (κ2) is 6.58. The van der Waals surface area contributed by atoms with Crippen LogP contribution >= 0.6 is 0 Å². The summed E-state index contributed by atoms with van der Waals surface area (Å²) in [4.78, 5) is 11.8. The number of hydrogen-bond donors (Lipinski definition) is 1. The minimum absolute atomic E-state index is 0.360. The van der Waals surface area contributed by atoms with Crippen molar-refractivity contribution in [1.29, 1.82) is 5.26 Å². The van der Waals surface area contributed by atoms with E-state index in [4.69, 9.17) is 10.00 Å². The lowest BCUT2D eigenvalue weighted by atomic mass is 10.1. The van der Waals surface area contributed by atoms with Crippen LogP contribution in [0.15, 0.2) is 42.5 Å². The molecule has 2 aromatic rings. The fourth-order valence-corrected chi connectivity index (χ4v) is 1.99. The molecule has 0 saturated carbocycles. The van der Waals surface area contributed by atoms with E-state index in [-0.39, 0.29) is 5.97 Å². The van der Waals surface area contributed by atoms with Crippen LogP contribution in [0.4, 0.5) is 5.69 Å². The molecule has 0 aliphatic carbocycles. The summed E-state index contributed by atoms with van der Waals surface area (Å²) in [6.07, 6.45) is 0. The van der Waals surface area contributed by atoms with Gasteiger partial charge in [0.15, 0.2) is 0 Å². The van der Waals surface area contributed by atoms with Gasteiger partial charge in [-0.3, -0.25) is 0 Å². The topological polar surface area (TPSA) is 62.1 Å². The number of aryl methyl sites for hydroxylation is 1. The maximum absolute atomic E-state index is 11.8. The highest BCUT2D eigenvalue weighted by molar-refractivity contribution is 5.95. The van der Waals surface area contributed by atoms with E-state index in [0.29, 0.717) is 17.7 Å². The van der Waals surface area contributed by atoms with Gasteiger partial charge in [0.1, 0.15) is 0 Å². The lowest BCUT2D eigenvalue weighted by Gasteiger charge is -2.11. The molecule has 0 heterocycles. The van der Waals surface area contributed by atoms with E-state index in [1.54, 1.807) is 18.2 Å². The van der Waals surface area contributed by atoms with Crippen LogP contribution in [0.2, 0.25) is 0 Å². The number of esters is 1. The van der Waals surface area contributed by atoms with Crippen LogP contribution in [0, 0.1) is 18.3 Å². The Kier molecular flexibility index (Phi) is 4.57. The molecule has 2 aromatic carbocycles. The molecule has 0 aliphatic heterocycles. The number of ether oxygens (including phenoxy) is 1. The van der Waals surface area contributed by atoms with Gasteiger partial charge in [-0.1, -0.05) is 23.8 Å². The molecular formula is C17H16N2O2. The molecule has 0 amide bonds. The predicted octanol–water partition coefficient (Wildman–Crippen LogP) is 3.27. The van der Waals surface area contributed by atoms with Crippen molar-refractivity contribution in [3.8, 4) is 6.07 Å². The number of carbonyl (C=O) groups is 1. The fourth-order valence-electron chi connectivity index (χ4n) is 1.99. The second-order valence-corrected chi connectivity index (χ2v) is 4.70. The van der Waals surface area contributed by atoms with Crippen molar-refractivity contribution in [2.24, 2.45) is 0 Å². The molecule has 106 valence electrons. The fraction of sp³-hybridized carbons (Fsp3) is 0.176. The van der Waals surface area contributed by atoms with Crippen LogP contribution in [0.5, 0.6) is 0 Å². The Bertz CT molecular complexity index is 685. The molecule has 0 aromatic heterocycles. The second-order valence-electron chi connectivity index (χ2n) is 4.70. The molecule has 0 unspecified atom stereocenters. The molecule has 4 heteroatoms. The van der Waals surface area contributed by atoms with Crippen molar-refractivity contribution in [1.82, 2.24) is 0 Å². The largest absolute Gasteiger partial charge is 0.465 e. The molecule has 0 atom stereocenters. The number of methoxy groups -OCH3 is 1. The first-order valence-electron chi connectivity index (χ1n) is 6.56. The third-order valence-corrected chi connectivity index (χ3v) is 3.15. The third-order valence-electron chi connectivity index (χ3n) is 3.15. The number of nitriles is 1.